The number of nitrogens with one attached hydrogen (secondary N) is 1. The molecule has 12 nitrogen and oxygen atoms in total. The maximum Gasteiger partial charge on any atom is 0.298 e. The first-order valence-electron chi connectivity index (χ1n) is 13.3. The first-order valence-corrected chi connectivity index (χ1v) is 13.3. The van der Waals surface area contributed by atoms with Crippen molar-refractivity contribution in [2.24, 2.45) is 0 Å². The van der Waals surface area contributed by atoms with Crippen molar-refractivity contribution in [1.29, 1.82) is 0 Å². The predicted octanol–water partition coefficient (Wildman–Crippen LogP) is 4.32. The highest BCUT2D eigenvalue weighted by Crippen LogP contribution is 2.34. The quantitative estimate of drug-likeness (QED) is 0.146. The summed E-state index contributed by atoms with van der Waals surface area (Å²) in [6.07, 6.45) is 2.14. The van der Waals surface area contributed by atoms with Crippen LogP contribution in [0.15, 0.2) is 79.1 Å². The van der Waals surface area contributed by atoms with Crippen LogP contribution in [0.5, 0.6) is 6.01 Å². The third-order valence-corrected chi connectivity index (χ3v) is 6.89. The lowest BCUT2D eigenvalue weighted by Crippen LogP contribution is -2.23. The van der Waals surface area contributed by atoms with E-state index in [0.29, 0.717) is 41.8 Å². The van der Waals surface area contributed by atoms with Gasteiger partial charge in [0, 0.05) is 37.5 Å². The average Bonchev–Trinajstić information content (AvgIpc) is 3.67. The second-order valence-electron chi connectivity index (χ2n) is 9.42. The minimum Gasteiger partial charge on any atom is -0.619 e. The number of pyridine rings is 2. The standard InChI is InChI=1S/C30H28N8O4/c1-4-42-30-31-25-17-24(21-13-15-37(39)16-14-21)26(29(40-2)41-3)32-28(25)38(30)18-19-9-11-20(12-10-19)22-7-5-6-8-23(22)27-33-35-36-34-27/h5-17,29H,4,18H2,1-3H3,(H,33,34,35,36). The van der Waals surface area contributed by atoms with E-state index in [1.54, 1.807) is 26.4 Å². The molecule has 2 aromatic carbocycles. The molecule has 0 aliphatic rings. The number of fused-ring (bicyclic) bond motifs is 1. The first-order chi connectivity index (χ1) is 20.6. The normalized spacial score (nSPS) is 11.4. The van der Waals surface area contributed by atoms with E-state index in [4.69, 9.17) is 24.2 Å². The van der Waals surface area contributed by atoms with Crippen LogP contribution in [0, 0.1) is 5.21 Å². The van der Waals surface area contributed by atoms with Crippen molar-refractivity contribution in [2.75, 3.05) is 20.8 Å². The Morgan fingerprint density at radius 1 is 0.905 bits per heavy atom. The highest BCUT2D eigenvalue weighted by molar-refractivity contribution is 5.82. The lowest BCUT2D eigenvalue weighted by molar-refractivity contribution is -0.605. The highest BCUT2D eigenvalue weighted by atomic mass is 16.7. The molecule has 42 heavy (non-hydrogen) atoms. The zero-order chi connectivity index (χ0) is 29.1. The van der Waals surface area contributed by atoms with Crippen LogP contribution < -0.4 is 9.47 Å². The number of aromatic nitrogens is 8. The average molecular weight is 565 g/mol. The van der Waals surface area contributed by atoms with Gasteiger partial charge in [-0.1, -0.05) is 48.5 Å². The number of hydrogen-bond acceptors (Lipinski definition) is 9. The molecule has 12 heteroatoms. The second-order valence-corrected chi connectivity index (χ2v) is 9.42. The lowest BCUT2D eigenvalue weighted by atomic mass is 9.98. The summed E-state index contributed by atoms with van der Waals surface area (Å²) in [5.74, 6) is 0.607. The lowest BCUT2D eigenvalue weighted by Gasteiger charge is -2.17. The molecule has 0 saturated heterocycles. The molecule has 0 atom stereocenters. The number of methoxy groups -OCH3 is 2. The molecule has 4 heterocycles. The molecule has 4 aromatic heterocycles. The van der Waals surface area contributed by atoms with Gasteiger partial charge in [-0.2, -0.15) is 9.71 Å². The number of imidazole rings is 1. The van der Waals surface area contributed by atoms with E-state index in [-0.39, 0.29) is 0 Å². The number of nitrogens with zero attached hydrogens (tertiary/aromatic N) is 7. The molecule has 0 unspecified atom stereocenters. The van der Waals surface area contributed by atoms with Gasteiger partial charge >= 0.3 is 0 Å². The Labute approximate surface area is 241 Å². The van der Waals surface area contributed by atoms with Crippen molar-refractivity contribution in [3.8, 4) is 39.7 Å². The Morgan fingerprint density at radius 2 is 1.62 bits per heavy atom. The molecule has 1 N–H and O–H groups in total. The zero-order valence-corrected chi connectivity index (χ0v) is 23.3. The van der Waals surface area contributed by atoms with Crippen molar-refractivity contribution in [3.05, 3.63) is 95.6 Å². The summed E-state index contributed by atoms with van der Waals surface area (Å²) in [4.78, 5) is 9.75. The highest BCUT2D eigenvalue weighted by Gasteiger charge is 2.23. The van der Waals surface area contributed by atoms with Crippen molar-refractivity contribution in [3.63, 3.8) is 0 Å². The maximum absolute atomic E-state index is 11.7. The van der Waals surface area contributed by atoms with E-state index in [1.807, 2.05) is 41.8 Å². The molecule has 0 saturated carbocycles. The topological polar surface area (TPSA) is 140 Å². The smallest absolute Gasteiger partial charge is 0.298 e. The number of hydrogen-bond donors (Lipinski definition) is 1. The van der Waals surface area contributed by atoms with Gasteiger partial charge in [0.25, 0.3) is 6.01 Å². The molecule has 6 rings (SSSR count). The van der Waals surface area contributed by atoms with E-state index in [2.05, 4.69) is 44.9 Å². The summed E-state index contributed by atoms with van der Waals surface area (Å²) in [6.45, 7) is 2.83. The number of tetrazole rings is 1. The number of aromatic amines is 1. The number of benzene rings is 2. The fourth-order valence-corrected chi connectivity index (χ4v) is 4.93. The molecule has 0 radical (unpaired) electrons. The van der Waals surface area contributed by atoms with E-state index in [9.17, 15) is 5.21 Å². The SMILES string of the molecule is CCOc1nc2cc(-c3cc[n+]([O-])cc3)c(C(OC)OC)nc2n1Cc1ccc(-c2ccccc2-c2nnn[nH]2)cc1. The molecular weight excluding hydrogens is 536 g/mol. The van der Waals surface area contributed by atoms with Gasteiger partial charge in [0.2, 0.25) is 6.29 Å². The van der Waals surface area contributed by atoms with Crippen LogP contribution in [0.2, 0.25) is 0 Å². The third-order valence-electron chi connectivity index (χ3n) is 6.89. The summed E-state index contributed by atoms with van der Waals surface area (Å²) in [5, 5.41) is 26.0. The number of ether oxygens (including phenoxy) is 3. The van der Waals surface area contributed by atoms with Crippen LogP contribution in [0.3, 0.4) is 0 Å². The largest absolute Gasteiger partial charge is 0.619 e. The summed E-state index contributed by atoms with van der Waals surface area (Å²) in [7, 11) is 3.11. The Hall–Kier alpha value is -5.20. The fourth-order valence-electron chi connectivity index (χ4n) is 4.93. The predicted molar refractivity (Wildman–Crippen MR) is 154 cm³/mol. The minimum atomic E-state index is -0.734. The van der Waals surface area contributed by atoms with Crippen molar-refractivity contribution >= 4 is 11.2 Å². The summed E-state index contributed by atoms with van der Waals surface area (Å²) < 4.78 is 19.8. The molecule has 0 bridgehead atoms. The Morgan fingerprint density at radius 3 is 2.29 bits per heavy atom. The van der Waals surface area contributed by atoms with Gasteiger partial charge in [0.05, 0.1) is 13.2 Å². The van der Waals surface area contributed by atoms with Crippen LogP contribution in [0.1, 0.15) is 24.5 Å². The summed E-state index contributed by atoms with van der Waals surface area (Å²) in [6, 6.07) is 22.1. The van der Waals surface area contributed by atoms with Gasteiger partial charge < -0.3 is 19.4 Å². The van der Waals surface area contributed by atoms with Gasteiger partial charge in [-0.15, -0.1) is 5.10 Å². The van der Waals surface area contributed by atoms with Gasteiger partial charge in [-0.3, -0.25) is 4.57 Å². The van der Waals surface area contributed by atoms with Gasteiger partial charge in [0.1, 0.15) is 11.2 Å². The molecule has 0 aliphatic heterocycles. The zero-order valence-electron chi connectivity index (χ0n) is 23.3. The molecule has 0 spiro atoms. The summed E-state index contributed by atoms with van der Waals surface area (Å²) in [5.41, 5.74) is 7.35. The Balaban J connectivity index is 1.40. The van der Waals surface area contributed by atoms with E-state index in [1.165, 1.54) is 12.4 Å². The van der Waals surface area contributed by atoms with Crippen LogP contribution >= 0.6 is 0 Å². The van der Waals surface area contributed by atoms with E-state index in [0.717, 1.165) is 38.1 Å². The van der Waals surface area contributed by atoms with Gasteiger partial charge in [0.15, 0.2) is 23.9 Å². The minimum absolute atomic E-state index is 0.441. The van der Waals surface area contributed by atoms with Gasteiger partial charge in [-0.05, 0) is 45.7 Å². The Kier molecular flexibility index (Phi) is 7.54. The molecule has 0 amide bonds. The van der Waals surface area contributed by atoms with E-state index < -0.39 is 6.29 Å². The molecule has 6 aromatic rings. The van der Waals surface area contributed by atoms with Crippen LogP contribution in [0.4, 0.5) is 0 Å². The summed E-state index contributed by atoms with van der Waals surface area (Å²) >= 11 is 0. The monoisotopic (exact) mass is 564 g/mol. The van der Waals surface area contributed by atoms with E-state index >= 15 is 0 Å². The fraction of sp³-hybridized carbons (Fsp3) is 0.200. The Bertz CT molecular complexity index is 1800. The van der Waals surface area contributed by atoms with Crippen LogP contribution in [-0.4, -0.2) is 56.0 Å². The van der Waals surface area contributed by atoms with Gasteiger partial charge in [-0.25, -0.2) is 10.1 Å². The molecule has 0 fully saturated rings. The third kappa shape index (κ3) is 5.16. The van der Waals surface area contributed by atoms with Crippen molar-refractivity contribution in [2.45, 2.75) is 19.8 Å². The molecule has 212 valence electrons. The maximum atomic E-state index is 11.7. The van der Waals surface area contributed by atoms with Crippen LogP contribution in [0.25, 0.3) is 44.8 Å². The molecular formula is C30H28N8O4. The molecule has 0 aliphatic carbocycles. The van der Waals surface area contributed by atoms with Crippen molar-refractivity contribution in [1.82, 2.24) is 35.2 Å². The van der Waals surface area contributed by atoms with Crippen LogP contribution in [-0.2, 0) is 16.0 Å². The first kappa shape index (κ1) is 27.0. The number of H-pyrrole nitrogens is 1. The number of rotatable bonds is 10. The second kappa shape index (κ2) is 11.7. The van der Waals surface area contributed by atoms with Crippen molar-refractivity contribution < 1.29 is 18.9 Å².